The molecule has 0 aromatic heterocycles. The van der Waals surface area contributed by atoms with Crippen molar-refractivity contribution in [1.82, 2.24) is 9.62 Å². The van der Waals surface area contributed by atoms with E-state index in [4.69, 9.17) is 9.47 Å². The number of carbonyl (C=O) groups is 2. The topological polar surface area (TPSA) is 114 Å². The number of hydrogen-bond donors (Lipinski definition) is 2. The van der Waals surface area contributed by atoms with Crippen molar-refractivity contribution in [3.63, 3.8) is 0 Å². The van der Waals surface area contributed by atoms with Gasteiger partial charge in [0.1, 0.15) is 16.7 Å². The summed E-state index contributed by atoms with van der Waals surface area (Å²) in [4.78, 5) is 26.4. The number of amides is 2. The molecule has 0 bridgehead atoms. The van der Waals surface area contributed by atoms with Gasteiger partial charge in [-0.25, -0.2) is 8.42 Å². The molecule has 9 nitrogen and oxygen atoms in total. The SMILES string of the molecule is CC[C@@H]1CN(C(=O)[C@H](Cc2ccccc2)NS(=O)(=O)c2cc(NC(C)=O)ccc2OC)CCO1. The molecule has 0 unspecified atom stereocenters. The first-order chi connectivity index (χ1) is 16.2. The fourth-order valence-corrected chi connectivity index (χ4v) is 5.22. The Balaban J connectivity index is 1.93. The van der Waals surface area contributed by atoms with Crippen LogP contribution < -0.4 is 14.8 Å². The van der Waals surface area contributed by atoms with Crippen molar-refractivity contribution in [2.45, 2.75) is 43.7 Å². The highest BCUT2D eigenvalue weighted by Gasteiger charge is 2.33. The average molecular weight is 490 g/mol. The van der Waals surface area contributed by atoms with Crippen LogP contribution in [0.5, 0.6) is 5.75 Å². The molecule has 0 saturated carbocycles. The van der Waals surface area contributed by atoms with Gasteiger partial charge in [-0.2, -0.15) is 4.72 Å². The van der Waals surface area contributed by atoms with E-state index in [0.29, 0.717) is 25.4 Å². The molecule has 2 aromatic carbocycles. The van der Waals surface area contributed by atoms with Gasteiger partial charge in [0, 0.05) is 25.7 Å². The molecule has 1 saturated heterocycles. The van der Waals surface area contributed by atoms with E-state index in [1.54, 1.807) is 11.0 Å². The summed E-state index contributed by atoms with van der Waals surface area (Å²) in [6.45, 7) is 4.52. The Morgan fingerprint density at radius 1 is 1.21 bits per heavy atom. The molecule has 0 radical (unpaired) electrons. The van der Waals surface area contributed by atoms with Gasteiger partial charge in [-0.05, 0) is 36.6 Å². The molecule has 1 aliphatic heterocycles. The van der Waals surface area contributed by atoms with Crippen LogP contribution in [0.4, 0.5) is 5.69 Å². The van der Waals surface area contributed by atoms with Crippen LogP contribution in [0, 0.1) is 0 Å². The Morgan fingerprint density at radius 3 is 2.59 bits per heavy atom. The fourth-order valence-electron chi connectivity index (χ4n) is 3.83. The van der Waals surface area contributed by atoms with Crippen LogP contribution in [-0.4, -0.2) is 64.1 Å². The second-order valence-electron chi connectivity index (χ2n) is 8.10. The quantitative estimate of drug-likeness (QED) is 0.558. The number of anilines is 1. The maximum Gasteiger partial charge on any atom is 0.245 e. The van der Waals surface area contributed by atoms with Gasteiger partial charge in [0.05, 0.1) is 19.8 Å². The molecule has 2 atom stereocenters. The number of nitrogens with zero attached hydrogens (tertiary/aromatic N) is 1. The lowest BCUT2D eigenvalue weighted by molar-refractivity contribution is -0.140. The van der Waals surface area contributed by atoms with Crippen LogP contribution >= 0.6 is 0 Å². The van der Waals surface area contributed by atoms with E-state index in [2.05, 4.69) is 10.0 Å². The molecular weight excluding hydrogens is 458 g/mol. The minimum atomic E-state index is -4.19. The van der Waals surface area contributed by atoms with Gasteiger partial charge in [0.2, 0.25) is 21.8 Å². The molecule has 2 aromatic rings. The van der Waals surface area contributed by atoms with Crippen LogP contribution in [-0.2, 0) is 30.8 Å². The summed E-state index contributed by atoms with van der Waals surface area (Å²) >= 11 is 0. The van der Waals surface area contributed by atoms with Crippen molar-refractivity contribution in [3.8, 4) is 5.75 Å². The van der Waals surface area contributed by atoms with Crippen molar-refractivity contribution in [1.29, 1.82) is 0 Å². The molecule has 1 fully saturated rings. The number of morpholine rings is 1. The number of sulfonamides is 1. The van der Waals surface area contributed by atoms with Gasteiger partial charge in [0.25, 0.3) is 0 Å². The molecular formula is C24H31N3O6S. The van der Waals surface area contributed by atoms with E-state index in [1.807, 2.05) is 37.3 Å². The standard InChI is InChI=1S/C24H31N3O6S/c1-4-20-16-27(12-13-33-20)24(29)21(14-18-8-6-5-7-9-18)26-34(30,31)23-15-19(25-17(2)28)10-11-22(23)32-3/h5-11,15,20-21,26H,4,12-14,16H2,1-3H3,(H,25,28)/t20-,21+/m1/s1. The second-order valence-corrected chi connectivity index (χ2v) is 9.78. The van der Waals surface area contributed by atoms with E-state index >= 15 is 0 Å². The molecule has 184 valence electrons. The lowest BCUT2D eigenvalue weighted by Crippen LogP contribution is -2.54. The highest BCUT2D eigenvalue weighted by molar-refractivity contribution is 7.89. The zero-order valence-electron chi connectivity index (χ0n) is 19.6. The Bertz CT molecular complexity index is 1110. The Morgan fingerprint density at radius 2 is 1.94 bits per heavy atom. The maximum atomic E-state index is 13.5. The van der Waals surface area contributed by atoms with Crippen molar-refractivity contribution >= 4 is 27.5 Å². The first-order valence-electron chi connectivity index (χ1n) is 11.2. The monoisotopic (exact) mass is 489 g/mol. The predicted molar refractivity (Wildman–Crippen MR) is 128 cm³/mol. The van der Waals surface area contributed by atoms with Crippen molar-refractivity contribution < 1.29 is 27.5 Å². The summed E-state index contributed by atoms with van der Waals surface area (Å²) in [5, 5.41) is 2.57. The highest BCUT2D eigenvalue weighted by Crippen LogP contribution is 2.28. The second kappa shape index (κ2) is 11.5. The summed E-state index contributed by atoms with van der Waals surface area (Å²) < 4.78 is 40.4. The molecule has 1 heterocycles. The first-order valence-corrected chi connectivity index (χ1v) is 12.6. The zero-order valence-corrected chi connectivity index (χ0v) is 20.4. The number of ether oxygens (including phenoxy) is 2. The summed E-state index contributed by atoms with van der Waals surface area (Å²) in [6, 6.07) is 12.5. The smallest absolute Gasteiger partial charge is 0.245 e. The Hall–Kier alpha value is -2.95. The number of hydrogen-bond acceptors (Lipinski definition) is 6. The van der Waals surface area contributed by atoms with Crippen LogP contribution in [0.3, 0.4) is 0 Å². The minimum absolute atomic E-state index is 0.0823. The predicted octanol–water partition coefficient (Wildman–Crippen LogP) is 2.18. The van der Waals surface area contributed by atoms with Gasteiger partial charge < -0.3 is 19.7 Å². The van der Waals surface area contributed by atoms with Crippen molar-refractivity contribution in [2.24, 2.45) is 0 Å². The summed E-state index contributed by atoms with van der Waals surface area (Å²) in [5.74, 6) is -0.549. The van der Waals surface area contributed by atoms with Gasteiger partial charge in [-0.15, -0.1) is 0 Å². The van der Waals surface area contributed by atoms with Crippen LogP contribution in [0.15, 0.2) is 53.4 Å². The average Bonchev–Trinajstić information content (AvgIpc) is 2.83. The fraction of sp³-hybridized carbons (Fsp3) is 0.417. The molecule has 0 spiro atoms. The van der Waals surface area contributed by atoms with Crippen LogP contribution in [0.25, 0.3) is 0 Å². The molecule has 2 amide bonds. The zero-order chi connectivity index (χ0) is 24.7. The molecule has 34 heavy (non-hydrogen) atoms. The summed E-state index contributed by atoms with van der Waals surface area (Å²) in [5.41, 5.74) is 1.13. The highest BCUT2D eigenvalue weighted by atomic mass is 32.2. The summed E-state index contributed by atoms with van der Waals surface area (Å²) in [7, 11) is -2.83. The molecule has 2 N–H and O–H groups in total. The number of benzene rings is 2. The largest absolute Gasteiger partial charge is 0.495 e. The van der Waals surface area contributed by atoms with Gasteiger partial charge in [-0.1, -0.05) is 37.3 Å². The maximum absolute atomic E-state index is 13.5. The normalized spacial score (nSPS) is 17.1. The Kier molecular flexibility index (Phi) is 8.65. The van der Waals surface area contributed by atoms with Crippen molar-refractivity contribution in [2.75, 3.05) is 32.1 Å². The van der Waals surface area contributed by atoms with Crippen LogP contribution in [0.2, 0.25) is 0 Å². The molecule has 10 heteroatoms. The number of methoxy groups -OCH3 is 1. The van der Waals surface area contributed by atoms with E-state index in [-0.39, 0.29) is 35.0 Å². The summed E-state index contributed by atoms with van der Waals surface area (Å²) in [6.07, 6.45) is 0.855. The third-order valence-electron chi connectivity index (χ3n) is 5.56. The molecule has 0 aliphatic carbocycles. The minimum Gasteiger partial charge on any atom is -0.495 e. The van der Waals surface area contributed by atoms with Gasteiger partial charge in [-0.3, -0.25) is 9.59 Å². The lowest BCUT2D eigenvalue weighted by Gasteiger charge is -2.35. The van der Waals surface area contributed by atoms with Crippen molar-refractivity contribution in [3.05, 3.63) is 54.1 Å². The molecule has 1 aliphatic rings. The first kappa shape index (κ1) is 25.7. The van der Waals surface area contributed by atoms with E-state index in [0.717, 1.165) is 12.0 Å². The molecule has 3 rings (SSSR count). The van der Waals surface area contributed by atoms with Crippen LogP contribution in [0.1, 0.15) is 25.8 Å². The van der Waals surface area contributed by atoms with Gasteiger partial charge in [0.15, 0.2) is 0 Å². The van der Waals surface area contributed by atoms with E-state index < -0.39 is 16.1 Å². The third-order valence-corrected chi connectivity index (χ3v) is 7.05. The van der Waals surface area contributed by atoms with Gasteiger partial charge >= 0.3 is 0 Å². The number of rotatable bonds is 9. The van der Waals surface area contributed by atoms with E-state index in [9.17, 15) is 18.0 Å². The van der Waals surface area contributed by atoms with E-state index in [1.165, 1.54) is 26.2 Å². The third kappa shape index (κ3) is 6.55. The Labute approximate surface area is 200 Å². The lowest BCUT2D eigenvalue weighted by atomic mass is 10.0. The number of carbonyl (C=O) groups excluding carboxylic acids is 2. The number of nitrogens with one attached hydrogen (secondary N) is 2.